The highest BCUT2D eigenvalue weighted by Gasteiger charge is 2.60. The molecule has 0 saturated carbocycles. The van der Waals surface area contributed by atoms with Crippen LogP contribution in [0, 0.1) is 11.3 Å². The zero-order chi connectivity index (χ0) is 26.5. The van der Waals surface area contributed by atoms with Crippen LogP contribution in [0.2, 0.25) is 54.4 Å². The van der Waals surface area contributed by atoms with Gasteiger partial charge in [-0.3, -0.25) is 0 Å². The van der Waals surface area contributed by atoms with Crippen molar-refractivity contribution < 1.29 is 18.0 Å². The molecule has 0 aromatic carbocycles. The van der Waals surface area contributed by atoms with Crippen LogP contribution in [-0.2, 0) is 18.0 Å². The molecule has 1 aliphatic rings. The maximum Gasteiger partial charge on any atom is 0.202 e. The van der Waals surface area contributed by atoms with Gasteiger partial charge in [0.15, 0.2) is 25.0 Å². The van der Waals surface area contributed by atoms with Gasteiger partial charge in [0.1, 0.15) is 20.0 Å². The Labute approximate surface area is 209 Å². The lowest BCUT2D eigenvalue weighted by Crippen LogP contribution is -2.58. The van der Waals surface area contributed by atoms with Crippen LogP contribution < -0.4 is 0 Å². The Morgan fingerprint density at radius 3 is 1.55 bits per heavy atom. The third kappa shape index (κ3) is 6.63. The topological polar surface area (TPSA) is 60.7 Å². The first kappa shape index (κ1) is 31.1. The highest BCUT2D eigenvalue weighted by atomic mass is 28.4. The van der Waals surface area contributed by atoms with Gasteiger partial charge >= 0.3 is 0 Å². The number of hydrogen-bond donors (Lipinski definition) is 0. The van der Waals surface area contributed by atoms with Gasteiger partial charge in [-0.2, -0.15) is 5.26 Å². The SMILES string of the molecule is B[C@@H]1O[C@](C#N)(CO[Si](C)(C)C(C)(C)C)[C@@H](O[Si](C)(C)C(C)(C)C)[C@H]1O[Si](C)(C)C(C)(C)C. The first-order chi connectivity index (χ1) is 14.3. The van der Waals surface area contributed by atoms with Gasteiger partial charge in [-0.1, -0.05) is 62.3 Å². The zero-order valence-electron chi connectivity index (χ0n) is 24.5. The summed E-state index contributed by atoms with van der Waals surface area (Å²) in [6, 6.07) is 2.26. The molecule has 1 fully saturated rings. The Bertz CT molecular complexity index is 732. The van der Waals surface area contributed by atoms with Crippen molar-refractivity contribution in [1.82, 2.24) is 0 Å². The molecule has 4 atom stereocenters. The Morgan fingerprint density at radius 1 is 0.788 bits per heavy atom. The van der Waals surface area contributed by atoms with E-state index >= 15 is 0 Å². The molecule has 1 rings (SSSR count). The van der Waals surface area contributed by atoms with E-state index in [1.165, 1.54) is 0 Å². The van der Waals surface area contributed by atoms with E-state index in [1.54, 1.807) is 0 Å². The van der Waals surface area contributed by atoms with E-state index in [2.05, 4.69) is 108 Å². The number of nitriles is 1. The molecule has 0 amide bonds. The van der Waals surface area contributed by atoms with Gasteiger partial charge in [-0.05, 0) is 54.4 Å². The summed E-state index contributed by atoms with van der Waals surface area (Å²) in [6.07, 6.45) is -0.792. The highest BCUT2D eigenvalue weighted by Crippen LogP contribution is 2.46. The fourth-order valence-corrected chi connectivity index (χ4v) is 6.72. The van der Waals surface area contributed by atoms with E-state index in [4.69, 9.17) is 18.0 Å². The van der Waals surface area contributed by atoms with Gasteiger partial charge in [0, 0.05) is 0 Å². The lowest BCUT2D eigenvalue weighted by atomic mass is 9.90. The fourth-order valence-electron chi connectivity index (χ4n) is 3.05. The molecular formula is C24H52BNO4Si3. The van der Waals surface area contributed by atoms with Crippen molar-refractivity contribution in [1.29, 1.82) is 5.26 Å². The van der Waals surface area contributed by atoms with Crippen LogP contribution in [0.1, 0.15) is 62.3 Å². The van der Waals surface area contributed by atoms with Gasteiger partial charge in [-0.25, -0.2) is 0 Å². The summed E-state index contributed by atoms with van der Waals surface area (Å²) in [7, 11) is -4.41. The normalized spacial score (nSPS) is 28.1. The van der Waals surface area contributed by atoms with E-state index in [1.807, 2.05) is 7.85 Å². The van der Waals surface area contributed by atoms with Gasteiger partial charge in [0.05, 0.1) is 18.7 Å². The van der Waals surface area contributed by atoms with E-state index < -0.39 is 36.7 Å². The maximum atomic E-state index is 10.5. The summed E-state index contributed by atoms with van der Waals surface area (Å²) in [4.78, 5) is 0. The average Bonchev–Trinajstić information content (AvgIpc) is 2.82. The van der Waals surface area contributed by atoms with E-state index in [-0.39, 0.29) is 33.8 Å². The maximum absolute atomic E-state index is 10.5. The van der Waals surface area contributed by atoms with Crippen molar-refractivity contribution in [2.24, 2.45) is 0 Å². The van der Waals surface area contributed by atoms with Gasteiger partial charge in [-0.15, -0.1) is 0 Å². The minimum atomic E-state index is -2.22. The second-order valence-corrected chi connectivity index (χ2v) is 28.8. The molecule has 0 unspecified atom stereocenters. The number of ether oxygens (including phenoxy) is 1. The number of rotatable bonds is 7. The van der Waals surface area contributed by atoms with Gasteiger partial charge in [0.2, 0.25) is 5.60 Å². The molecule has 0 aliphatic carbocycles. The minimum Gasteiger partial charge on any atom is -0.413 e. The van der Waals surface area contributed by atoms with Crippen molar-refractivity contribution >= 4 is 32.8 Å². The van der Waals surface area contributed by atoms with Crippen LogP contribution in [0.15, 0.2) is 0 Å². The molecule has 0 aromatic heterocycles. The summed E-state index contributed by atoms with van der Waals surface area (Å²) in [5.41, 5.74) is -1.18. The molecule has 192 valence electrons. The number of hydrogen-bond acceptors (Lipinski definition) is 5. The molecule has 9 heteroatoms. The molecule has 0 bridgehead atoms. The average molecular weight is 514 g/mol. The first-order valence-corrected chi connectivity index (χ1v) is 21.1. The minimum absolute atomic E-state index is 0.00182. The predicted octanol–water partition coefficient (Wildman–Crippen LogP) is 6.04. The van der Waals surface area contributed by atoms with E-state index in [0.29, 0.717) is 0 Å². The number of nitrogens with zero attached hydrogens (tertiary/aromatic N) is 1. The molecule has 1 saturated heterocycles. The predicted molar refractivity (Wildman–Crippen MR) is 149 cm³/mol. The lowest BCUT2D eigenvalue weighted by Gasteiger charge is -2.45. The van der Waals surface area contributed by atoms with Gasteiger partial charge in [0.25, 0.3) is 0 Å². The Balaban J connectivity index is 3.49. The zero-order valence-corrected chi connectivity index (χ0v) is 27.5. The second kappa shape index (κ2) is 9.49. The van der Waals surface area contributed by atoms with E-state index in [0.717, 1.165) is 0 Å². The molecule has 1 heterocycles. The smallest absolute Gasteiger partial charge is 0.202 e. The van der Waals surface area contributed by atoms with Crippen molar-refractivity contribution in [3.63, 3.8) is 0 Å². The van der Waals surface area contributed by atoms with Crippen LogP contribution in [0.3, 0.4) is 0 Å². The van der Waals surface area contributed by atoms with Gasteiger partial charge < -0.3 is 18.0 Å². The standard InChI is InChI=1S/C24H52BNO4Si3/c1-21(2,3)31(10,11)27-17-24(16-26)19(30-33(14,15)23(7,8)9)18(20(25)28-24)29-32(12,13)22(4,5)6/h18-20H,17,25H2,1-15H3/t18-,19+,20-,24-/m1/s1. The lowest BCUT2D eigenvalue weighted by molar-refractivity contribution is -0.0515. The highest BCUT2D eigenvalue weighted by molar-refractivity contribution is 6.75. The summed E-state index contributed by atoms with van der Waals surface area (Å²) in [5, 5.41) is 10.6. The van der Waals surface area contributed by atoms with Crippen LogP contribution >= 0.6 is 0 Å². The first-order valence-electron chi connectivity index (χ1n) is 12.4. The van der Waals surface area contributed by atoms with Crippen LogP contribution in [0.5, 0.6) is 0 Å². The third-order valence-corrected chi connectivity index (χ3v) is 22.1. The molecular weight excluding hydrogens is 461 g/mol. The molecule has 33 heavy (non-hydrogen) atoms. The monoisotopic (exact) mass is 513 g/mol. The summed E-state index contributed by atoms with van der Waals surface area (Å²) in [5.74, 6) is 0. The molecule has 0 N–H and O–H groups in total. The van der Waals surface area contributed by atoms with Crippen molar-refractivity contribution in [2.75, 3.05) is 6.61 Å². The van der Waals surface area contributed by atoms with Crippen molar-refractivity contribution in [2.45, 2.75) is 141 Å². The van der Waals surface area contributed by atoms with Crippen LogP contribution in [-0.4, -0.2) is 63.2 Å². The molecule has 1 aliphatic heterocycles. The second-order valence-electron chi connectivity index (χ2n) is 14.5. The van der Waals surface area contributed by atoms with Crippen LogP contribution in [0.25, 0.3) is 0 Å². The molecule has 0 spiro atoms. The fraction of sp³-hybridized carbons (Fsp3) is 0.958. The van der Waals surface area contributed by atoms with E-state index in [9.17, 15) is 5.26 Å². The molecule has 5 nitrogen and oxygen atoms in total. The molecule has 0 radical (unpaired) electrons. The van der Waals surface area contributed by atoms with Crippen molar-refractivity contribution in [3.05, 3.63) is 0 Å². The Kier molecular flexibility index (Phi) is 8.94. The Morgan fingerprint density at radius 2 is 1.18 bits per heavy atom. The largest absolute Gasteiger partial charge is 0.413 e. The summed E-state index contributed by atoms with van der Waals surface area (Å²) >= 11 is 0. The summed E-state index contributed by atoms with van der Waals surface area (Å²) in [6.45, 7) is 33.6. The molecule has 0 aromatic rings. The third-order valence-electron chi connectivity index (χ3n) is 8.72. The summed E-state index contributed by atoms with van der Waals surface area (Å²) < 4.78 is 27.0. The Hall–Kier alpha value is 0.0456. The van der Waals surface area contributed by atoms with Crippen LogP contribution in [0.4, 0.5) is 0 Å². The van der Waals surface area contributed by atoms with Crippen molar-refractivity contribution in [3.8, 4) is 6.07 Å². The quantitative estimate of drug-likeness (QED) is 0.388.